The third kappa shape index (κ3) is 2.08. The van der Waals surface area contributed by atoms with Gasteiger partial charge in [-0.2, -0.15) is 0 Å². The molecule has 23 heavy (non-hydrogen) atoms. The summed E-state index contributed by atoms with van der Waals surface area (Å²) < 4.78 is 5.66. The van der Waals surface area contributed by atoms with E-state index in [1.165, 1.54) is 0 Å². The highest BCUT2D eigenvalue weighted by molar-refractivity contribution is 5.96. The van der Waals surface area contributed by atoms with Gasteiger partial charge < -0.3 is 15.4 Å². The Morgan fingerprint density at radius 2 is 1.87 bits per heavy atom. The Morgan fingerprint density at radius 3 is 2.65 bits per heavy atom. The Hall–Kier alpha value is -2.82. The van der Waals surface area contributed by atoms with Crippen LogP contribution in [0.3, 0.4) is 0 Å². The zero-order valence-corrected chi connectivity index (χ0v) is 12.5. The minimum atomic E-state index is -0.697. The van der Waals surface area contributed by atoms with E-state index in [0.29, 0.717) is 36.3 Å². The maximum atomic E-state index is 12.6. The molecule has 1 atom stereocenters. The van der Waals surface area contributed by atoms with E-state index in [0.717, 1.165) is 5.56 Å². The van der Waals surface area contributed by atoms with Gasteiger partial charge in [0, 0.05) is 29.8 Å². The molecule has 1 spiro atoms. The Morgan fingerprint density at radius 1 is 1.13 bits per heavy atom. The first-order valence-corrected chi connectivity index (χ1v) is 7.57. The van der Waals surface area contributed by atoms with E-state index in [2.05, 4.69) is 0 Å². The lowest BCUT2D eigenvalue weighted by Crippen LogP contribution is -2.34. The van der Waals surface area contributed by atoms with Crippen LogP contribution in [0.15, 0.2) is 48.5 Å². The highest BCUT2D eigenvalue weighted by Crippen LogP contribution is 2.43. The van der Waals surface area contributed by atoms with E-state index in [-0.39, 0.29) is 11.9 Å². The summed E-state index contributed by atoms with van der Waals surface area (Å²) in [5, 5.41) is 0. The van der Waals surface area contributed by atoms with Crippen molar-refractivity contribution >= 4 is 17.6 Å². The van der Waals surface area contributed by atoms with Gasteiger partial charge in [-0.25, -0.2) is 4.79 Å². The average molecular weight is 308 g/mol. The molecule has 2 heterocycles. The van der Waals surface area contributed by atoms with Crippen molar-refractivity contribution in [1.29, 1.82) is 0 Å². The molecule has 5 heteroatoms. The van der Waals surface area contributed by atoms with Gasteiger partial charge in [0.1, 0.15) is 0 Å². The van der Waals surface area contributed by atoms with E-state index in [1.807, 2.05) is 18.2 Å². The molecule has 1 amide bonds. The molecule has 0 aliphatic carbocycles. The van der Waals surface area contributed by atoms with Crippen molar-refractivity contribution in [1.82, 2.24) is 4.90 Å². The number of carbonyl (C=O) groups is 2. The first-order chi connectivity index (χ1) is 11.1. The minimum absolute atomic E-state index is 0.0673. The van der Waals surface area contributed by atoms with Crippen LogP contribution in [-0.2, 0) is 10.3 Å². The van der Waals surface area contributed by atoms with Crippen LogP contribution in [-0.4, -0.2) is 29.9 Å². The van der Waals surface area contributed by atoms with Crippen LogP contribution in [0.25, 0.3) is 0 Å². The summed E-state index contributed by atoms with van der Waals surface area (Å²) in [4.78, 5) is 26.4. The van der Waals surface area contributed by atoms with Crippen molar-refractivity contribution < 1.29 is 14.3 Å². The fourth-order valence-electron chi connectivity index (χ4n) is 3.41. The monoisotopic (exact) mass is 308 g/mol. The normalized spacial score (nSPS) is 22.3. The highest BCUT2D eigenvalue weighted by Gasteiger charge is 2.50. The molecule has 0 radical (unpaired) electrons. The van der Waals surface area contributed by atoms with Gasteiger partial charge in [-0.05, 0) is 30.3 Å². The Balaban J connectivity index is 1.62. The third-order valence-corrected chi connectivity index (χ3v) is 4.60. The summed E-state index contributed by atoms with van der Waals surface area (Å²) >= 11 is 0. The molecule has 2 aromatic rings. The van der Waals surface area contributed by atoms with Crippen LogP contribution in [0.4, 0.5) is 5.69 Å². The SMILES string of the molecule is Nc1ccc(C(=O)N2CC[C@@]3(C2)OC(=O)c2ccccc23)cc1. The number of likely N-dealkylation sites (tertiary alicyclic amines) is 1. The number of fused-ring (bicyclic) bond motifs is 2. The number of nitrogen functional groups attached to an aromatic ring is 1. The molecule has 2 aromatic carbocycles. The highest BCUT2D eigenvalue weighted by atomic mass is 16.6. The molecular formula is C18H16N2O3. The predicted molar refractivity (Wildman–Crippen MR) is 84.9 cm³/mol. The lowest BCUT2D eigenvalue weighted by atomic mass is 9.91. The molecule has 1 fully saturated rings. The first-order valence-electron chi connectivity index (χ1n) is 7.57. The summed E-state index contributed by atoms with van der Waals surface area (Å²) in [5.74, 6) is -0.371. The fourth-order valence-corrected chi connectivity index (χ4v) is 3.41. The molecule has 0 bridgehead atoms. The predicted octanol–water partition coefficient (Wildman–Crippen LogP) is 2.18. The lowest BCUT2D eigenvalue weighted by Gasteiger charge is -2.24. The molecule has 0 unspecified atom stereocenters. The topological polar surface area (TPSA) is 72.6 Å². The van der Waals surface area contributed by atoms with E-state index < -0.39 is 5.60 Å². The van der Waals surface area contributed by atoms with Gasteiger partial charge in [0.25, 0.3) is 5.91 Å². The average Bonchev–Trinajstić information content (AvgIpc) is 3.11. The van der Waals surface area contributed by atoms with Crippen molar-refractivity contribution in [3.8, 4) is 0 Å². The van der Waals surface area contributed by atoms with Gasteiger partial charge in [-0.15, -0.1) is 0 Å². The third-order valence-electron chi connectivity index (χ3n) is 4.60. The summed E-state index contributed by atoms with van der Waals surface area (Å²) in [6.07, 6.45) is 0.621. The van der Waals surface area contributed by atoms with Gasteiger partial charge in [0.2, 0.25) is 0 Å². The first kappa shape index (κ1) is 13.8. The Kier molecular flexibility index (Phi) is 2.91. The number of nitrogens with zero attached hydrogens (tertiary/aromatic N) is 1. The minimum Gasteiger partial charge on any atom is -0.449 e. The standard InChI is InChI=1S/C18H16N2O3/c19-13-7-5-12(6-8-13)16(21)20-10-9-18(11-20)15-4-2-1-3-14(15)17(22)23-18/h1-8H,9-11,19H2/t18-/m0/s1. The summed E-state index contributed by atoms with van der Waals surface area (Å²) in [5.41, 5.74) is 7.67. The van der Waals surface area contributed by atoms with Gasteiger partial charge in [-0.1, -0.05) is 18.2 Å². The largest absolute Gasteiger partial charge is 0.449 e. The molecule has 5 nitrogen and oxygen atoms in total. The second-order valence-corrected chi connectivity index (χ2v) is 6.03. The van der Waals surface area contributed by atoms with Crippen molar-refractivity contribution in [2.45, 2.75) is 12.0 Å². The van der Waals surface area contributed by atoms with E-state index in [1.54, 1.807) is 35.2 Å². The van der Waals surface area contributed by atoms with Gasteiger partial charge in [0.15, 0.2) is 5.60 Å². The second-order valence-electron chi connectivity index (χ2n) is 6.03. The van der Waals surface area contributed by atoms with Crippen LogP contribution < -0.4 is 5.73 Å². The summed E-state index contributed by atoms with van der Waals surface area (Å²) in [6, 6.07) is 14.3. The van der Waals surface area contributed by atoms with Crippen molar-refractivity contribution in [2.24, 2.45) is 0 Å². The number of hydrogen-bond acceptors (Lipinski definition) is 4. The number of carbonyl (C=O) groups excluding carboxylic acids is 2. The fraction of sp³-hybridized carbons (Fsp3) is 0.222. The van der Waals surface area contributed by atoms with Crippen molar-refractivity contribution in [3.05, 3.63) is 65.2 Å². The molecular weight excluding hydrogens is 292 g/mol. The molecule has 116 valence electrons. The molecule has 1 saturated heterocycles. The smallest absolute Gasteiger partial charge is 0.339 e. The van der Waals surface area contributed by atoms with Crippen LogP contribution in [0.1, 0.15) is 32.7 Å². The molecule has 2 aliphatic heterocycles. The van der Waals surface area contributed by atoms with Crippen LogP contribution in [0.2, 0.25) is 0 Å². The number of ether oxygens (including phenoxy) is 1. The second kappa shape index (κ2) is 4.84. The quantitative estimate of drug-likeness (QED) is 0.647. The molecule has 2 aliphatic rings. The number of anilines is 1. The number of nitrogens with two attached hydrogens (primary N) is 1. The maximum Gasteiger partial charge on any atom is 0.339 e. The van der Waals surface area contributed by atoms with E-state index in [4.69, 9.17) is 10.5 Å². The summed E-state index contributed by atoms with van der Waals surface area (Å²) in [7, 11) is 0. The van der Waals surface area contributed by atoms with Crippen molar-refractivity contribution in [2.75, 3.05) is 18.8 Å². The maximum absolute atomic E-state index is 12.6. The number of esters is 1. The number of rotatable bonds is 1. The summed E-state index contributed by atoms with van der Waals surface area (Å²) in [6.45, 7) is 0.948. The Bertz CT molecular complexity index is 800. The number of hydrogen-bond donors (Lipinski definition) is 1. The van der Waals surface area contributed by atoms with Gasteiger partial charge in [-0.3, -0.25) is 4.79 Å². The van der Waals surface area contributed by atoms with Crippen LogP contribution >= 0.6 is 0 Å². The van der Waals surface area contributed by atoms with Crippen LogP contribution in [0, 0.1) is 0 Å². The van der Waals surface area contributed by atoms with Gasteiger partial charge in [0.05, 0.1) is 12.1 Å². The van der Waals surface area contributed by atoms with E-state index in [9.17, 15) is 9.59 Å². The zero-order chi connectivity index (χ0) is 16.0. The molecule has 2 N–H and O–H groups in total. The van der Waals surface area contributed by atoms with E-state index >= 15 is 0 Å². The zero-order valence-electron chi connectivity index (χ0n) is 12.5. The molecule has 0 saturated carbocycles. The van der Waals surface area contributed by atoms with Crippen LogP contribution in [0.5, 0.6) is 0 Å². The van der Waals surface area contributed by atoms with Crippen molar-refractivity contribution in [3.63, 3.8) is 0 Å². The Labute approximate surface area is 133 Å². The number of benzene rings is 2. The molecule has 4 rings (SSSR count). The van der Waals surface area contributed by atoms with Gasteiger partial charge >= 0.3 is 5.97 Å². The lowest BCUT2D eigenvalue weighted by molar-refractivity contribution is -0.00306. The number of amides is 1. The molecule has 0 aromatic heterocycles.